The van der Waals surface area contributed by atoms with Crippen molar-refractivity contribution in [3.63, 3.8) is 0 Å². The van der Waals surface area contributed by atoms with Crippen LogP contribution in [0.4, 0.5) is 25.1 Å². The maximum atomic E-state index is 12.8. The van der Waals surface area contributed by atoms with Gasteiger partial charge in [-0.2, -0.15) is 28.1 Å². The molecule has 0 radical (unpaired) electrons. The molecule has 1 unspecified atom stereocenters. The van der Waals surface area contributed by atoms with Crippen LogP contribution in [-0.4, -0.2) is 33.5 Å². The van der Waals surface area contributed by atoms with Crippen molar-refractivity contribution >= 4 is 17.8 Å². The number of amides is 1. The summed E-state index contributed by atoms with van der Waals surface area (Å²) in [5, 5.41) is 5.69. The maximum Gasteiger partial charge on any atom is 0.416 e. The third kappa shape index (κ3) is 7.30. The zero-order valence-electron chi connectivity index (χ0n) is 16.5. The average molecular weight is 411 g/mol. The Morgan fingerprint density at radius 2 is 1.90 bits per heavy atom. The lowest BCUT2D eigenvalue weighted by molar-refractivity contribution is -0.137. The summed E-state index contributed by atoms with van der Waals surface area (Å²) >= 11 is 0. The number of hydrogen-bond acceptors (Lipinski definition) is 6. The standard InChI is InChI=1S/C19H24F3N5O2/c1-4-15(11-29-10-13-7-6-8-14(9-13)19(20,21)22)25-17-23-12(3)24-18(27-17)26-16(28)5-2/h6-9,15H,4-5,10-11H2,1-3H3,(H2,23,24,25,26,27,28). The van der Waals surface area contributed by atoms with Gasteiger partial charge < -0.3 is 10.1 Å². The number of rotatable bonds is 9. The van der Waals surface area contributed by atoms with Crippen LogP contribution < -0.4 is 10.6 Å². The Morgan fingerprint density at radius 3 is 2.55 bits per heavy atom. The molecule has 0 aliphatic carbocycles. The molecule has 0 aliphatic heterocycles. The summed E-state index contributed by atoms with van der Waals surface area (Å²) in [7, 11) is 0. The minimum absolute atomic E-state index is 0.0517. The zero-order valence-corrected chi connectivity index (χ0v) is 16.5. The Hall–Kier alpha value is -2.75. The van der Waals surface area contributed by atoms with Crippen LogP contribution in [0.3, 0.4) is 0 Å². The first-order valence-corrected chi connectivity index (χ1v) is 9.24. The lowest BCUT2D eigenvalue weighted by Gasteiger charge is -2.18. The van der Waals surface area contributed by atoms with Crippen molar-refractivity contribution in [2.45, 2.75) is 52.4 Å². The predicted molar refractivity (Wildman–Crippen MR) is 102 cm³/mol. The van der Waals surface area contributed by atoms with E-state index in [1.165, 1.54) is 6.07 Å². The lowest BCUT2D eigenvalue weighted by Crippen LogP contribution is -2.26. The van der Waals surface area contributed by atoms with E-state index < -0.39 is 11.7 Å². The van der Waals surface area contributed by atoms with Gasteiger partial charge in [0.2, 0.25) is 17.8 Å². The third-order valence-corrected chi connectivity index (χ3v) is 3.99. The molecular weight excluding hydrogens is 387 g/mol. The largest absolute Gasteiger partial charge is 0.416 e. The van der Waals surface area contributed by atoms with Gasteiger partial charge in [0.15, 0.2) is 0 Å². The highest BCUT2D eigenvalue weighted by molar-refractivity contribution is 5.88. The number of aryl methyl sites for hydroxylation is 1. The molecule has 2 rings (SSSR count). The van der Waals surface area contributed by atoms with E-state index in [1.54, 1.807) is 19.9 Å². The van der Waals surface area contributed by atoms with Gasteiger partial charge in [-0.15, -0.1) is 0 Å². The van der Waals surface area contributed by atoms with Crippen molar-refractivity contribution in [1.29, 1.82) is 0 Å². The quantitative estimate of drug-likeness (QED) is 0.649. The Kier molecular flexibility index (Phi) is 7.89. The number of ether oxygens (including phenoxy) is 1. The van der Waals surface area contributed by atoms with Crippen LogP contribution in [0.1, 0.15) is 43.6 Å². The van der Waals surface area contributed by atoms with E-state index in [0.29, 0.717) is 30.2 Å². The second-order valence-corrected chi connectivity index (χ2v) is 6.39. The topological polar surface area (TPSA) is 89.0 Å². The van der Waals surface area contributed by atoms with Crippen molar-refractivity contribution in [1.82, 2.24) is 15.0 Å². The summed E-state index contributed by atoms with van der Waals surface area (Å²) in [5.74, 6) is 0.677. The van der Waals surface area contributed by atoms with Gasteiger partial charge in [0.1, 0.15) is 5.82 Å². The summed E-state index contributed by atoms with van der Waals surface area (Å²) in [6, 6.07) is 4.88. The van der Waals surface area contributed by atoms with Gasteiger partial charge in [0.25, 0.3) is 0 Å². The fourth-order valence-electron chi connectivity index (χ4n) is 2.42. The second-order valence-electron chi connectivity index (χ2n) is 6.39. The van der Waals surface area contributed by atoms with E-state index in [1.807, 2.05) is 6.92 Å². The number of benzene rings is 1. The molecule has 1 atom stereocenters. The SMILES string of the molecule is CCC(=O)Nc1nc(C)nc(NC(CC)COCc2cccc(C(F)(F)F)c2)n1. The van der Waals surface area contributed by atoms with Crippen LogP contribution in [0.25, 0.3) is 0 Å². The zero-order chi connectivity index (χ0) is 21.4. The summed E-state index contributed by atoms with van der Waals surface area (Å²) < 4.78 is 43.9. The van der Waals surface area contributed by atoms with Crippen molar-refractivity contribution in [2.75, 3.05) is 17.2 Å². The van der Waals surface area contributed by atoms with Crippen LogP contribution >= 0.6 is 0 Å². The Balaban J connectivity index is 1.95. The molecule has 158 valence electrons. The lowest BCUT2D eigenvalue weighted by atomic mass is 10.1. The Bertz CT molecular complexity index is 830. The molecule has 0 fully saturated rings. The molecular formula is C19H24F3N5O2. The molecule has 1 aromatic carbocycles. The van der Waals surface area contributed by atoms with Crippen molar-refractivity contribution in [3.05, 3.63) is 41.2 Å². The van der Waals surface area contributed by atoms with Crippen LogP contribution in [0.2, 0.25) is 0 Å². The number of nitrogens with zero attached hydrogens (tertiary/aromatic N) is 3. The highest BCUT2D eigenvalue weighted by atomic mass is 19.4. The van der Waals surface area contributed by atoms with Crippen LogP contribution in [0, 0.1) is 6.92 Å². The van der Waals surface area contributed by atoms with Gasteiger partial charge in [-0.05, 0) is 31.0 Å². The highest BCUT2D eigenvalue weighted by Crippen LogP contribution is 2.29. The first-order valence-electron chi connectivity index (χ1n) is 9.24. The molecule has 10 heteroatoms. The average Bonchev–Trinajstić information content (AvgIpc) is 2.66. The summed E-state index contributed by atoms with van der Waals surface area (Å²) in [6.45, 7) is 5.63. The number of carbonyl (C=O) groups is 1. The summed E-state index contributed by atoms with van der Waals surface area (Å²) in [4.78, 5) is 24.0. The minimum atomic E-state index is -4.38. The smallest absolute Gasteiger partial charge is 0.375 e. The molecule has 0 saturated carbocycles. The highest BCUT2D eigenvalue weighted by Gasteiger charge is 2.30. The van der Waals surface area contributed by atoms with Crippen molar-refractivity contribution in [3.8, 4) is 0 Å². The van der Waals surface area contributed by atoms with Gasteiger partial charge >= 0.3 is 6.18 Å². The number of nitrogens with one attached hydrogen (secondary N) is 2. The van der Waals surface area contributed by atoms with Gasteiger partial charge in [0, 0.05) is 6.42 Å². The number of carbonyl (C=O) groups excluding carboxylic acids is 1. The first kappa shape index (κ1) is 22.5. The first-order chi connectivity index (χ1) is 13.7. The van der Waals surface area contributed by atoms with E-state index in [-0.39, 0.29) is 31.1 Å². The van der Waals surface area contributed by atoms with E-state index in [4.69, 9.17) is 4.74 Å². The second kappa shape index (κ2) is 10.1. The fourth-order valence-corrected chi connectivity index (χ4v) is 2.42. The van der Waals surface area contributed by atoms with E-state index in [9.17, 15) is 18.0 Å². The summed E-state index contributed by atoms with van der Waals surface area (Å²) in [6.07, 6.45) is -3.41. The molecule has 1 amide bonds. The fraction of sp³-hybridized carbons (Fsp3) is 0.474. The molecule has 2 N–H and O–H groups in total. The molecule has 7 nitrogen and oxygen atoms in total. The maximum absolute atomic E-state index is 12.8. The number of aromatic nitrogens is 3. The Morgan fingerprint density at radius 1 is 1.17 bits per heavy atom. The molecule has 29 heavy (non-hydrogen) atoms. The molecule has 0 spiro atoms. The van der Waals surface area contributed by atoms with E-state index >= 15 is 0 Å². The summed E-state index contributed by atoms with van der Waals surface area (Å²) in [5.41, 5.74) is -0.263. The normalized spacial score (nSPS) is 12.5. The van der Waals surface area contributed by atoms with Crippen molar-refractivity contribution < 1.29 is 22.7 Å². The van der Waals surface area contributed by atoms with Crippen molar-refractivity contribution in [2.24, 2.45) is 0 Å². The number of hydrogen-bond donors (Lipinski definition) is 2. The molecule has 0 saturated heterocycles. The molecule has 0 aliphatic rings. The van der Waals surface area contributed by atoms with Gasteiger partial charge in [-0.3, -0.25) is 10.1 Å². The Labute approximate surface area is 167 Å². The number of anilines is 2. The van der Waals surface area contributed by atoms with Crippen LogP contribution in [0.5, 0.6) is 0 Å². The van der Waals surface area contributed by atoms with E-state index in [2.05, 4.69) is 25.6 Å². The number of alkyl halides is 3. The molecule has 1 aromatic heterocycles. The van der Waals surface area contributed by atoms with Gasteiger partial charge in [-0.25, -0.2) is 0 Å². The molecule has 1 heterocycles. The van der Waals surface area contributed by atoms with Crippen LogP contribution in [0.15, 0.2) is 24.3 Å². The van der Waals surface area contributed by atoms with Crippen LogP contribution in [-0.2, 0) is 22.3 Å². The minimum Gasteiger partial charge on any atom is -0.375 e. The molecule has 0 bridgehead atoms. The third-order valence-electron chi connectivity index (χ3n) is 3.99. The molecule has 2 aromatic rings. The predicted octanol–water partition coefficient (Wildman–Crippen LogP) is 3.95. The van der Waals surface area contributed by atoms with Gasteiger partial charge in [0.05, 0.1) is 24.8 Å². The monoisotopic (exact) mass is 411 g/mol. The number of halogens is 3. The van der Waals surface area contributed by atoms with Gasteiger partial charge in [-0.1, -0.05) is 26.0 Å². The van der Waals surface area contributed by atoms with E-state index in [0.717, 1.165) is 12.1 Å².